The summed E-state index contributed by atoms with van der Waals surface area (Å²) in [5, 5.41) is 18.2. The Balaban J connectivity index is 1.81. The summed E-state index contributed by atoms with van der Waals surface area (Å²) in [5.74, 6) is -0.528. The van der Waals surface area contributed by atoms with E-state index in [1.807, 2.05) is 18.2 Å². The third kappa shape index (κ3) is 4.19. The summed E-state index contributed by atoms with van der Waals surface area (Å²) in [4.78, 5) is 15.9. The van der Waals surface area contributed by atoms with Crippen LogP contribution in [0, 0.1) is 11.3 Å². The molecule has 0 spiro atoms. The summed E-state index contributed by atoms with van der Waals surface area (Å²) in [7, 11) is 0. The maximum absolute atomic E-state index is 11.5. The predicted octanol–water partition coefficient (Wildman–Crippen LogP) is 3.95. The summed E-state index contributed by atoms with van der Waals surface area (Å²) in [6, 6.07) is 15.9. The lowest BCUT2D eigenvalue weighted by Gasteiger charge is -2.02. The zero-order chi connectivity index (χ0) is 17.6. The maximum atomic E-state index is 11.5. The molecular weight excluding hydrogens is 340 g/mol. The van der Waals surface area contributed by atoms with Gasteiger partial charge in [0.25, 0.3) is 5.22 Å². The van der Waals surface area contributed by atoms with E-state index < -0.39 is 5.97 Å². The fourth-order valence-electron chi connectivity index (χ4n) is 2.05. The molecule has 0 aliphatic carbocycles. The zero-order valence-corrected chi connectivity index (χ0v) is 13.7. The Morgan fingerprint density at radius 3 is 2.72 bits per heavy atom. The van der Waals surface area contributed by atoms with Crippen LogP contribution in [0.25, 0.3) is 17.2 Å². The zero-order valence-electron chi connectivity index (χ0n) is 12.9. The summed E-state index contributed by atoms with van der Waals surface area (Å²) >= 11 is 0.945. The quantitative estimate of drug-likeness (QED) is 0.530. The van der Waals surface area contributed by atoms with E-state index in [0.29, 0.717) is 22.4 Å². The Labute approximate surface area is 147 Å². The van der Waals surface area contributed by atoms with Crippen molar-refractivity contribution >= 4 is 34.9 Å². The van der Waals surface area contributed by atoms with Crippen molar-refractivity contribution in [1.82, 2.24) is 4.98 Å². The van der Waals surface area contributed by atoms with E-state index in [1.165, 1.54) is 6.08 Å². The van der Waals surface area contributed by atoms with E-state index in [2.05, 4.69) is 4.98 Å². The molecule has 1 heterocycles. The SMILES string of the molecule is N#CCOc1ccc(/C=C(\Sc2nc3ccccc3o2)C(=O)O)cc1. The monoisotopic (exact) mass is 352 g/mol. The first-order valence-corrected chi connectivity index (χ1v) is 8.05. The van der Waals surface area contributed by atoms with Gasteiger partial charge in [0.15, 0.2) is 12.2 Å². The van der Waals surface area contributed by atoms with Crippen LogP contribution in [0.5, 0.6) is 5.75 Å². The van der Waals surface area contributed by atoms with Gasteiger partial charge in [-0.05, 0) is 47.7 Å². The Hall–Kier alpha value is -3.24. The highest BCUT2D eigenvalue weighted by atomic mass is 32.2. The number of benzene rings is 2. The number of oxazole rings is 1. The molecule has 6 nitrogen and oxygen atoms in total. The van der Waals surface area contributed by atoms with Crippen LogP contribution in [0.4, 0.5) is 0 Å². The van der Waals surface area contributed by atoms with Crippen LogP contribution in [-0.2, 0) is 4.79 Å². The normalized spacial score (nSPS) is 11.2. The molecule has 0 saturated carbocycles. The highest BCUT2D eigenvalue weighted by Gasteiger charge is 2.14. The Bertz CT molecular complexity index is 938. The van der Waals surface area contributed by atoms with Crippen LogP contribution in [-0.4, -0.2) is 22.7 Å². The second kappa shape index (κ2) is 7.55. The number of aromatic nitrogens is 1. The van der Waals surface area contributed by atoms with Gasteiger partial charge in [-0.2, -0.15) is 5.26 Å². The molecule has 124 valence electrons. The fourth-order valence-corrected chi connectivity index (χ4v) is 2.80. The third-order valence-electron chi connectivity index (χ3n) is 3.16. The summed E-state index contributed by atoms with van der Waals surface area (Å²) in [5.41, 5.74) is 1.97. The standard InChI is InChI=1S/C18H12N2O4S/c19-9-10-23-13-7-5-12(6-8-13)11-16(17(21)22)25-18-20-14-3-1-2-4-15(14)24-18/h1-8,11H,10H2,(H,21,22)/b16-11-. The number of hydrogen-bond acceptors (Lipinski definition) is 6. The van der Waals surface area contributed by atoms with Crippen LogP contribution in [0.15, 0.2) is 63.1 Å². The molecule has 25 heavy (non-hydrogen) atoms. The molecule has 0 unspecified atom stereocenters. The molecule has 0 fully saturated rings. The number of thioether (sulfide) groups is 1. The molecule has 7 heteroatoms. The Kier molecular flexibility index (Phi) is 5.02. The third-order valence-corrected chi connectivity index (χ3v) is 4.03. The number of ether oxygens (including phenoxy) is 1. The number of para-hydroxylation sites is 2. The number of nitriles is 1. The van der Waals surface area contributed by atoms with Gasteiger partial charge in [-0.1, -0.05) is 24.3 Å². The van der Waals surface area contributed by atoms with E-state index in [-0.39, 0.29) is 16.7 Å². The van der Waals surface area contributed by atoms with Crippen molar-refractivity contribution in [3.8, 4) is 11.8 Å². The van der Waals surface area contributed by atoms with E-state index in [0.717, 1.165) is 11.8 Å². The molecule has 3 aromatic rings. The molecule has 0 atom stereocenters. The Morgan fingerprint density at radius 1 is 1.28 bits per heavy atom. The van der Waals surface area contributed by atoms with E-state index >= 15 is 0 Å². The molecule has 0 saturated heterocycles. The average Bonchev–Trinajstić information content (AvgIpc) is 3.03. The molecule has 0 bridgehead atoms. The second-order valence-electron chi connectivity index (χ2n) is 4.88. The number of carbonyl (C=O) groups is 1. The number of aliphatic carboxylic acids is 1. The molecule has 1 N–H and O–H groups in total. The lowest BCUT2D eigenvalue weighted by atomic mass is 10.2. The van der Waals surface area contributed by atoms with Gasteiger partial charge in [0, 0.05) is 0 Å². The minimum absolute atomic E-state index is 0.0386. The van der Waals surface area contributed by atoms with Crippen molar-refractivity contribution in [3.63, 3.8) is 0 Å². The Morgan fingerprint density at radius 2 is 2.04 bits per heavy atom. The number of carboxylic acids is 1. The first kappa shape index (κ1) is 16.6. The van der Waals surface area contributed by atoms with Gasteiger partial charge in [-0.3, -0.25) is 0 Å². The minimum atomic E-state index is -1.07. The molecule has 3 rings (SSSR count). The molecule has 1 aromatic heterocycles. The first-order valence-electron chi connectivity index (χ1n) is 7.24. The van der Waals surface area contributed by atoms with E-state index in [1.54, 1.807) is 36.4 Å². The van der Waals surface area contributed by atoms with Crippen molar-refractivity contribution < 1.29 is 19.1 Å². The molecule has 2 aromatic carbocycles. The lowest BCUT2D eigenvalue weighted by Crippen LogP contribution is -1.97. The highest BCUT2D eigenvalue weighted by Crippen LogP contribution is 2.30. The molecule has 0 aliphatic rings. The van der Waals surface area contributed by atoms with Crippen LogP contribution < -0.4 is 4.74 Å². The molecule has 0 amide bonds. The minimum Gasteiger partial charge on any atom is -0.479 e. The van der Waals surface area contributed by atoms with Gasteiger partial charge < -0.3 is 14.3 Å². The predicted molar refractivity (Wildman–Crippen MR) is 93.0 cm³/mol. The van der Waals surface area contributed by atoms with Crippen molar-refractivity contribution in [2.45, 2.75) is 5.22 Å². The van der Waals surface area contributed by atoms with Crippen molar-refractivity contribution in [2.75, 3.05) is 6.61 Å². The topological polar surface area (TPSA) is 96.4 Å². The smallest absolute Gasteiger partial charge is 0.342 e. The van der Waals surface area contributed by atoms with Crippen LogP contribution in [0.3, 0.4) is 0 Å². The van der Waals surface area contributed by atoms with Crippen LogP contribution in [0.1, 0.15) is 5.56 Å². The number of fused-ring (bicyclic) bond motifs is 1. The van der Waals surface area contributed by atoms with Crippen molar-refractivity contribution in [3.05, 3.63) is 59.0 Å². The summed E-state index contributed by atoms with van der Waals surface area (Å²) < 4.78 is 10.7. The van der Waals surface area contributed by atoms with Gasteiger partial charge in [0.2, 0.25) is 0 Å². The van der Waals surface area contributed by atoms with Crippen LogP contribution >= 0.6 is 11.8 Å². The highest BCUT2D eigenvalue weighted by molar-refractivity contribution is 8.03. The molecular formula is C18H12N2O4S. The van der Waals surface area contributed by atoms with Gasteiger partial charge in [0.1, 0.15) is 22.2 Å². The van der Waals surface area contributed by atoms with Gasteiger partial charge >= 0.3 is 5.97 Å². The number of hydrogen-bond donors (Lipinski definition) is 1. The molecule has 0 aliphatic heterocycles. The van der Waals surface area contributed by atoms with Gasteiger partial charge in [0.05, 0.1) is 0 Å². The first-order chi connectivity index (χ1) is 12.2. The summed E-state index contributed by atoms with van der Waals surface area (Å²) in [6.07, 6.45) is 1.52. The number of rotatable bonds is 6. The molecule has 0 radical (unpaired) electrons. The largest absolute Gasteiger partial charge is 0.479 e. The lowest BCUT2D eigenvalue weighted by molar-refractivity contribution is -0.131. The van der Waals surface area contributed by atoms with Gasteiger partial charge in [-0.25, -0.2) is 9.78 Å². The fraction of sp³-hybridized carbons (Fsp3) is 0.0556. The van der Waals surface area contributed by atoms with E-state index in [9.17, 15) is 9.90 Å². The summed E-state index contributed by atoms with van der Waals surface area (Å²) in [6.45, 7) is -0.0386. The average molecular weight is 352 g/mol. The second-order valence-corrected chi connectivity index (χ2v) is 5.87. The maximum Gasteiger partial charge on any atom is 0.342 e. The van der Waals surface area contributed by atoms with Gasteiger partial charge in [-0.15, -0.1) is 0 Å². The number of nitrogens with zero attached hydrogens (tertiary/aromatic N) is 2. The van der Waals surface area contributed by atoms with Crippen molar-refractivity contribution in [2.24, 2.45) is 0 Å². The van der Waals surface area contributed by atoms with E-state index in [4.69, 9.17) is 14.4 Å². The van der Waals surface area contributed by atoms with Crippen molar-refractivity contribution in [1.29, 1.82) is 5.26 Å². The van der Waals surface area contributed by atoms with Crippen LogP contribution in [0.2, 0.25) is 0 Å². The number of carboxylic acid groups (broad SMARTS) is 1.